The number of rotatable bonds is 6. The minimum Gasteiger partial charge on any atom is -0.480 e. The lowest BCUT2D eigenvalue weighted by molar-refractivity contribution is -0.143. The monoisotopic (exact) mass is 170 g/mol. The van der Waals surface area contributed by atoms with Crippen LogP contribution >= 0.6 is 0 Å². The van der Waals surface area contributed by atoms with Crippen LogP contribution < -0.4 is 5.84 Å². The molecule has 0 amide bonds. The predicted molar refractivity (Wildman–Crippen MR) is 47.3 cm³/mol. The summed E-state index contributed by atoms with van der Waals surface area (Å²) < 4.78 is 0. The molecule has 0 fully saturated rings. The smallest absolute Gasteiger partial charge is 0.322 e. The molecular formula is C8H14N2O2. The predicted octanol–water partition coefficient (Wildman–Crippen LogP) is 0.377. The first kappa shape index (κ1) is 10.9. The Morgan fingerprint density at radius 3 is 2.50 bits per heavy atom. The number of carbonyl (C=O) groups is 1. The fourth-order valence-corrected chi connectivity index (χ4v) is 0.812. The van der Waals surface area contributed by atoms with E-state index in [1.807, 2.05) is 0 Å². The zero-order chi connectivity index (χ0) is 9.56. The number of hydrazine groups is 1. The van der Waals surface area contributed by atoms with Crippen molar-refractivity contribution in [1.29, 1.82) is 0 Å². The van der Waals surface area contributed by atoms with E-state index in [4.69, 9.17) is 10.9 Å². The molecule has 0 aromatic heterocycles. The van der Waals surface area contributed by atoms with E-state index in [0.717, 1.165) is 0 Å². The van der Waals surface area contributed by atoms with Crippen LogP contribution in [0.3, 0.4) is 0 Å². The fraction of sp³-hybridized carbons (Fsp3) is 0.375. The molecule has 0 bridgehead atoms. The Kier molecular flexibility index (Phi) is 4.99. The highest BCUT2D eigenvalue weighted by atomic mass is 16.4. The van der Waals surface area contributed by atoms with Gasteiger partial charge in [-0.3, -0.25) is 10.6 Å². The average Bonchev–Trinajstić information content (AvgIpc) is 1.99. The summed E-state index contributed by atoms with van der Waals surface area (Å²) in [4.78, 5) is 10.6. The molecule has 4 heteroatoms. The molecule has 68 valence electrons. The van der Waals surface area contributed by atoms with E-state index in [1.54, 1.807) is 6.08 Å². The topological polar surface area (TPSA) is 66.6 Å². The lowest BCUT2D eigenvalue weighted by Crippen LogP contribution is -2.45. The lowest BCUT2D eigenvalue weighted by Gasteiger charge is -2.20. The van der Waals surface area contributed by atoms with Crippen LogP contribution in [0.25, 0.3) is 0 Å². The van der Waals surface area contributed by atoms with Crippen LogP contribution in [-0.2, 0) is 4.79 Å². The van der Waals surface area contributed by atoms with E-state index in [0.29, 0.717) is 13.0 Å². The van der Waals surface area contributed by atoms with Gasteiger partial charge < -0.3 is 5.11 Å². The second kappa shape index (κ2) is 5.51. The van der Waals surface area contributed by atoms with E-state index >= 15 is 0 Å². The van der Waals surface area contributed by atoms with Crippen molar-refractivity contribution < 1.29 is 9.90 Å². The van der Waals surface area contributed by atoms with Crippen LogP contribution in [0.1, 0.15) is 6.42 Å². The SMILES string of the molecule is C=CCC(C(=O)O)N(N)CC=C. The van der Waals surface area contributed by atoms with Gasteiger partial charge in [-0.1, -0.05) is 12.2 Å². The second-order valence-corrected chi connectivity index (χ2v) is 2.36. The van der Waals surface area contributed by atoms with Crippen molar-refractivity contribution in [2.24, 2.45) is 5.84 Å². The summed E-state index contributed by atoms with van der Waals surface area (Å²) in [6, 6.07) is -0.708. The highest BCUT2D eigenvalue weighted by molar-refractivity contribution is 5.73. The number of nitrogens with two attached hydrogens (primary N) is 1. The van der Waals surface area contributed by atoms with E-state index in [2.05, 4.69) is 13.2 Å². The number of hydrogen-bond acceptors (Lipinski definition) is 3. The standard InChI is InChI=1S/C8H14N2O2/c1-3-5-7(8(11)12)10(9)6-4-2/h3-4,7H,1-2,5-6,9H2,(H,11,12). The van der Waals surface area contributed by atoms with Crippen LogP contribution in [0, 0.1) is 0 Å². The number of carboxylic acid groups (broad SMARTS) is 1. The fourth-order valence-electron chi connectivity index (χ4n) is 0.812. The molecule has 0 aliphatic carbocycles. The molecule has 0 saturated heterocycles. The Bertz CT molecular complexity index is 180. The van der Waals surface area contributed by atoms with Gasteiger partial charge in [0, 0.05) is 6.54 Å². The quantitative estimate of drug-likeness (QED) is 0.343. The molecule has 0 aliphatic rings. The van der Waals surface area contributed by atoms with Crippen molar-refractivity contribution in [3.63, 3.8) is 0 Å². The molecule has 0 spiro atoms. The van der Waals surface area contributed by atoms with Crippen LogP contribution in [0.15, 0.2) is 25.3 Å². The highest BCUT2D eigenvalue weighted by Crippen LogP contribution is 2.00. The van der Waals surface area contributed by atoms with Crippen LogP contribution in [0.4, 0.5) is 0 Å². The van der Waals surface area contributed by atoms with Gasteiger partial charge in [0.05, 0.1) is 0 Å². The molecule has 4 nitrogen and oxygen atoms in total. The van der Waals surface area contributed by atoms with Crippen LogP contribution in [0.5, 0.6) is 0 Å². The third-order valence-electron chi connectivity index (χ3n) is 1.42. The minimum atomic E-state index is -0.945. The van der Waals surface area contributed by atoms with Crippen molar-refractivity contribution in [2.45, 2.75) is 12.5 Å². The highest BCUT2D eigenvalue weighted by Gasteiger charge is 2.20. The minimum absolute atomic E-state index is 0.333. The molecular weight excluding hydrogens is 156 g/mol. The molecule has 0 heterocycles. The Hall–Kier alpha value is -1.13. The zero-order valence-electron chi connectivity index (χ0n) is 6.94. The first-order valence-electron chi connectivity index (χ1n) is 3.59. The first-order valence-corrected chi connectivity index (χ1v) is 3.59. The molecule has 1 atom stereocenters. The van der Waals surface area contributed by atoms with Gasteiger partial charge in [0.15, 0.2) is 0 Å². The van der Waals surface area contributed by atoms with E-state index in [1.165, 1.54) is 11.1 Å². The normalized spacial score (nSPS) is 12.5. The molecule has 3 N–H and O–H groups in total. The van der Waals surface area contributed by atoms with Gasteiger partial charge in [0.2, 0.25) is 0 Å². The van der Waals surface area contributed by atoms with Crippen molar-refractivity contribution in [3.05, 3.63) is 25.3 Å². The van der Waals surface area contributed by atoms with Gasteiger partial charge in [0.25, 0.3) is 0 Å². The van der Waals surface area contributed by atoms with Gasteiger partial charge in [-0.15, -0.1) is 13.2 Å². The number of aliphatic carboxylic acids is 1. The maximum absolute atomic E-state index is 10.6. The van der Waals surface area contributed by atoms with Gasteiger partial charge in [-0.05, 0) is 6.42 Å². The van der Waals surface area contributed by atoms with Gasteiger partial charge in [0.1, 0.15) is 6.04 Å². The molecule has 0 aromatic carbocycles. The summed E-state index contributed by atoms with van der Waals surface area (Å²) >= 11 is 0. The molecule has 0 aliphatic heterocycles. The largest absolute Gasteiger partial charge is 0.480 e. The molecule has 12 heavy (non-hydrogen) atoms. The maximum atomic E-state index is 10.6. The van der Waals surface area contributed by atoms with Gasteiger partial charge >= 0.3 is 5.97 Å². The average molecular weight is 170 g/mol. The van der Waals surface area contributed by atoms with E-state index < -0.39 is 12.0 Å². The molecule has 0 rings (SSSR count). The van der Waals surface area contributed by atoms with Crippen molar-refractivity contribution in [2.75, 3.05) is 6.54 Å². The third kappa shape index (κ3) is 3.32. The maximum Gasteiger partial charge on any atom is 0.322 e. The Morgan fingerprint density at radius 1 is 1.58 bits per heavy atom. The van der Waals surface area contributed by atoms with Crippen LogP contribution in [0.2, 0.25) is 0 Å². The van der Waals surface area contributed by atoms with Crippen molar-refractivity contribution in [1.82, 2.24) is 5.01 Å². The third-order valence-corrected chi connectivity index (χ3v) is 1.42. The van der Waals surface area contributed by atoms with Crippen molar-refractivity contribution >= 4 is 5.97 Å². The van der Waals surface area contributed by atoms with Crippen molar-refractivity contribution in [3.8, 4) is 0 Å². The van der Waals surface area contributed by atoms with Gasteiger partial charge in [-0.25, -0.2) is 5.01 Å². The Morgan fingerprint density at radius 2 is 2.17 bits per heavy atom. The summed E-state index contributed by atoms with van der Waals surface area (Å²) in [5, 5.41) is 9.92. The molecule has 0 saturated carbocycles. The summed E-state index contributed by atoms with van der Waals surface area (Å²) in [7, 11) is 0. The van der Waals surface area contributed by atoms with Crippen LogP contribution in [-0.4, -0.2) is 28.7 Å². The second-order valence-electron chi connectivity index (χ2n) is 2.36. The number of nitrogens with zero attached hydrogens (tertiary/aromatic N) is 1. The summed E-state index contributed by atoms with van der Waals surface area (Å²) in [5.41, 5.74) is 0. The summed E-state index contributed by atoms with van der Waals surface area (Å²) in [5.74, 6) is 4.50. The summed E-state index contributed by atoms with van der Waals surface area (Å²) in [6.45, 7) is 7.27. The molecule has 1 unspecified atom stereocenters. The summed E-state index contributed by atoms with van der Waals surface area (Å²) in [6.07, 6.45) is 3.42. The number of hydrogen-bond donors (Lipinski definition) is 2. The lowest BCUT2D eigenvalue weighted by atomic mass is 10.2. The van der Waals surface area contributed by atoms with Gasteiger partial charge in [-0.2, -0.15) is 0 Å². The molecule has 0 aromatic rings. The Labute approximate surface area is 71.9 Å². The van der Waals surface area contributed by atoms with E-state index in [9.17, 15) is 4.79 Å². The Balaban J connectivity index is 4.16. The van der Waals surface area contributed by atoms with E-state index in [-0.39, 0.29) is 0 Å². The zero-order valence-corrected chi connectivity index (χ0v) is 6.94. The molecule has 0 radical (unpaired) electrons. The first-order chi connectivity index (χ1) is 5.63. The number of carboxylic acids is 1.